The minimum atomic E-state index is -3.54. The summed E-state index contributed by atoms with van der Waals surface area (Å²) in [6.45, 7) is 2.19. The molecule has 0 bridgehead atoms. The molecular weight excluding hydrogens is 418 g/mol. The van der Waals surface area contributed by atoms with Crippen LogP contribution in [-0.4, -0.2) is 64.4 Å². The molecule has 3 rings (SSSR count). The van der Waals surface area contributed by atoms with E-state index in [-0.39, 0.29) is 47.9 Å². The number of aromatic nitrogens is 2. The number of sulfonamides is 1. The minimum Gasteiger partial charge on any atom is -0.358 e. The van der Waals surface area contributed by atoms with Gasteiger partial charge in [0.1, 0.15) is 10.8 Å². The maximum atomic E-state index is 12.5. The monoisotopic (exact) mass is 433 g/mol. The van der Waals surface area contributed by atoms with Crippen LogP contribution >= 0.6 is 22.9 Å². The average molecular weight is 434 g/mol. The fraction of sp³-hybridized carbons (Fsp3) is 0.429. The summed E-state index contributed by atoms with van der Waals surface area (Å²) in [4.78, 5) is 24.2. The number of piperazine rings is 1. The molecule has 0 unspecified atom stereocenters. The Morgan fingerprint density at radius 3 is 2.56 bits per heavy atom. The summed E-state index contributed by atoms with van der Waals surface area (Å²) in [7, 11) is -3.54. The molecule has 1 aliphatic heterocycles. The summed E-state index contributed by atoms with van der Waals surface area (Å²) in [5.74, 6) is -0.797. The molecule has 0 aliphatic carbocycles. The number of thiophene rings is 1. The van der Waals surface area contributed by atoms with E-state index in [1.54, 1.807) is 24.4 Å². The molecule has 2 aromatic rings. The Kier molecular flexibility index (Phi) is 5.51. The summed E-state index contributed by atoms with van der Waals surface area (Å²) in [6.07, 6.45) is 0. The standard InChI is InChI=1S/C14H16ClN5O5S2/c1-10-13(15)14(20(22)23)16-19(10)9-11(21)17-4-6-18(7-5-17)27(24,25)12-3-2-8-26-12/h2-3,8H,4-7,9H2,1H3. The highest BCUT2D eigenvalue weighted by molar-refractivity contribution is 7.91. The second kappa shape index (κ2) is 7.54. The Balaban J connectivity index is 1.64. The Bertz CT molecular complexity index is 964. The highest BCUT2D eigenvalue weighted by atomic mass is 35.5. The van der Waals surface area contributed by atoms with Gasteiger partial charge in [0.05, 0.1) is 10.8 Å². The lowest BCUT2D eigenvalue weighted by Crippen LogP contribution is -2.51. The van der Waals surface area contributed by atoms with E-state index < -0.39 is 20.8 Å². The zero-order valence-corrected chi connectivity index (χ0v) is 16.6. The zero-order chi connectivity index (χ0) is 19.8. The fourth-order valence-corrected chi connectivity index (χ4v) is 5.49. The summed E-state index contributed by atoms with van der Waals surface area (Å²) >= 11 is 7.02. The van der Waals surface area contributed by atoms with Gasteiger partial charge in [-0.3, -0.25) is 4.79 Å². The quantitative estimate of drug-likeness (QED) is 0.518. The molecule has 0 atom stereocenters. The summed E-state index contributed by atoms with van der Waals surface area (Å²) in [5, 5.41) is 16.3. The van der Waals surface area contributed by atoms with Gasteiger partial charge < -0.3 is 15.0 Å². The number of hydrogen-bond donors (Lipinski definition) is 0. The van der Waals surface area contributed by atoms with Gasteiger partial charge >= 0.3 is 5.82 Å². The smallest absolute Gasteiger partial charge is 0.358 e. The van der Waals surface area contributed by atoms with Crippen molar-refractivity contribution in [1.82, 2.24) is 19.0 Å². The van der Waals surface area contributed by atoms with Crippen LogP contribution in [0.5, 0.6) is 0 Å². The number of nitrogens with zero attached hydrogens (tertiary/aromatic N) is 5. The number of halogens is 1. The number of hydrogen-bond acceptors (Lipinski definition) is 7. The van der Waals surface area contributed by atoms with E-state index in [1.165, 1.54) is 13.9 Å². The van der Waals surface area contributed by atoms with Crippen LogP contribution in [0.15, 0.2) is 21.7 Å². The van der Waals surface area contributed by atoms with Crippen molar-refractivity contribution in [1.29, 1.82) is 0 Å². The van der Waals surface area contributed by atoms with Gasteiger partial charge in [-0.15, -0.1) is 11.3 Å². The predicted molar refractivity (Wildman–Crippen MR) is 98.3 cm³/mol. The second-order valence-corrected chi connectivity index (χ2v) is 9.35. The molecular formula is C14H16ClN5O5S2. The van der Waals surface area contributed by atoms with Gasteiger partial charge in [-0.05, 0) is 23.3 Å². The van der Waals surface area contributed by atoms with Gasteiger partial charge in [-0.1, -0.05) is 17.7 Å². The van der Waals surface area contributed by atoms with Crippen LogP contribution in [0.25, 0.3) is 0 Å². The van der Waals surface area contributed by atoms with Crippen LogP contribution in [0.4, 0.5) is 5.82 Å². The molecule has 0 spiro atoms. The second-order valence-electron chi connectivity index (χ2n) is 5.85. The largest absolute Gasteiger partial charge is 0.408 e. The molecule has 1 aliphatic rings. The number of carbonyl (C=O) groups excluding carboxylic acids is 1. The van der Waals surface area contributed by atoms with Crippen molar-refractivity contribution in [3.8, 4) is 0 Å². The van der Waals surface area contributed by atoms with Crippen LogP contribution < -0.4 is 0 Å². The predicted octanol–water partition coefficient (Wildman–Crippen LogP) is 1.35. The van der Waals surface area contributed by atoms with E-state index in [0.717, 1.165) is 11.3 Å². The first-order valence-electron chi connectivity index (χ1n) is 7.90. The van der Waals surface area contributed by atoms with Crippen molar-refractivity contribution in [2.24, 2.45) is 0 Å². The van der Waals surface area contributed by atoms with Crippen molar-refractivity contribution in [2.75, 3.05) is 26.2 Å². The number of nitro groups is 1. The van der Waals surface area contributed by atoms with Gasteiger partial charge in [-0.2, -0.15) is 8.99 Å². The van der Waals surface area contributed by atoms with Gasteiger partial charge in [0, 0.05) is 26.2 Å². The number of rotatable bonds is 5. The van der Waals surface area contributed by atoms with Gasteiger partial charge in [0.15, 0.2) is 5.02 Å². The molecule has 0 aromatic carbocycles. The Morgan fingerprint density at radius 1 is 1.37 bits per heavy atom. The molecule has 3 heterocycles. The molecule has 146 valence electrons. The number of amides is 1. The summed E-state index contributed by atoms with van der Waals surface area (Å²) in [6, 6.07) is 3.22. The molecule has 27 heavy (non-hydrogen) atoms. The molecule has 0 N–H and O–H groups in total. The Hall–Kier alpha value is -2.02. The van der Waals surface area contributed by atoms with Crippen LogP contribution in [0, 0.1) is 17.0 Å². The summed E-state index contributed by atoms with van der Waals surface area (Å²) < 4.78 is 27.8. The van der Waals surface area contributed by atoms with E-state index in [1.807, 2.05) is 0 Å². The van der Waals surface area contributed by atoms with Gasteiger partial charge in [0.25, 0.3) is 10.0 Å². The average Bonchev–Trinajstić information content (AvgIpc) is 3.27. The SMILES string of the molecule is Cc1c(Cl)c([N+](=O)[O-])nn1CC(=O)N1CCN(S(=O)(=O)c2cccs2)CC1. The van der Waals surface area contributed by atoms with E-state index in [9.17, 15) is 23.3 Å². The van der Waals surface area contributed by atoms with Crippen molar-refractivity contribution in [3.63, 3.8) is 0 Å². The van der Waals surface area contributed by atoms with Crippen molar-refractivity contribution < 1.29 is 18.1 Å². The van der Waals surface area contributed by atoms with Crippen molar-refractivity contribution in [2.45, 2.75) is 17.7 Å². The highest BCUT2D eigenvalue weighted by Crippen LogP contribution is 2.26. The maximum absolute atomic E-state index is 12.5. The molecule has 1 saturated heterocycles. The van der Waals surface area contributed by atoms with Crippen molar-refractivity contribution in [3.05, 3.63) is 38.3 Å². The Labute approximate surface area is 164 Å². The molecule has 13 heteroatoms. The van der Waals surface area contributed by atoms with E-state index >= 15 is 0 Å². The minimum absolute atomic E-state index is 0.0975. The third-order valence-corrected chi connectivity index (χ3v) is 7.97. The third-order valence-electron chi connectivity index (χ3n) is 4.26. The molecule has 1 amide bonds. The third kappa shape index (κ3) is 3.83. The lowest BCUT2D eigenvalue weighted by molar-refractivity contribution is -0.389. The highest BCUT2D eigenvalue weighted by Gasteiger charge is 2.32. The van der Waals surface area contributed by atoms with Gasteiger partial charge in [0.2, 0.25) is 5.91 Å². The molecule has 10 nitrogen and oxygen atoms in total. The first-order valence-corrected chi connectivity index (χ1v) is 10.6. The fourth-order valence-electron chi connectivity index (χ4n) is 2.72. The first kappa shape index (κ1) is 19.7. The molecule has 1 fully saturated rings. The molecule has 2 aromatic heterocycles. The maximum Gasteiger partial charge on any atom is 0.408 e. The van der Waals surface area contributed by atoms with Crippen LogP contribution in [-0.2, 0) is 21.4 Å². The van der Waals surface area contributed by atoms with E-state index in [0.29, 0.717) is 5.69 Å². The molecule has 0 saturated carbocycles. The van der Waals surface area contributed by atoms with Crippen LogP contribution in [0.2, 0.25) is 5.02 Å². The molecule has 0 radical (unpaired) electrons. The van der Waals surface area contributed by atoms with E-state index in [4.69, 9.17) is 11.6 Å². The Morgan fingerprint density at radius 2 is 2.04 bits per heavy atom. The lowest BCUT2D eigenvalue weighted by Gasteiger charge is -2.33. The zero-order valence-electron chi connectivity index (χ0n) is 14.2. The van der Waals surface area contributed by atoms with Crippen LogP contribution in [0.1, 0.15) is 5.69 Å². The topological polar surface area (TPSA) is 119 Å². The van der Waals surface area contributed by atoms with E-state index in [2.05, 4.69) is 5.10 Å². The van der Waals surface area contributed by atoms with Crippen molar-refractivity contribution >= 4 is 44.7 Å². The lowest BCUT2D eigenvalue weighted by atomic mass is 10.3. The first-order chi connectivity index (χ1) is 12.7. The number of carbonyl (C=O) groups is 1. The summed E-state index contributed by atoms with van der Waals surface area (Å²) in [5.41, 5.74) is 0.329. The van der Waals surface area contributed by atoms with Gasteiger partial charge in [-0.25, -0.2) is 8.42 Å². The normalized spacial score (nSPS) is 15.9. The van der Waals surface area contributed by atoms with Crippen LogP contribution in [0.3, 0.4) is 0 Å².